The summed E-state index contributed by atoms with van der Waals surface area (Å²) in [5.41, 5.74) is 1.14. The number of aryl methyl sites for hydroxylation is 1. The predicted molar refractivity (Wildman–Crippen MR) is 76.2 cm³/mol. The number of hydrogen-bond acceptors (Lipinski definition) is 2. The van der Waals surface area contributed by atoms with Crippen molar-refractivity contribution in [2.24, 2.45) is 5.92 Å². The third kappa shape index (κ3) is 4.58. The van der Waals surface area contributed by atoms with E-state index in [9.17, 15) is 4.79 Å². The average Bonchev–Trinajstić information content (AvgIpc) is 2.39. The Kier molecular flexibility index (Phi) is 4.83. The third-order valence-electron chi connectivity index (χ3n) is 3.74. The van der Waals surface area contributed by atoms with Crippen LogP contribution in [0.4, 0.5) is 0 Å². The number of rotatable bonds is 4. The van der Waals surface area contributed by atoms with E-state index in [0.29, 0.717) is 6.04 Å². The molecule has 1 aliphatic rings. The molecule has 0 spiro atoms. The van der Waals surface area contributed by atoms with E-state index >= 15 is 0 Å². The standard InChI is InChI=1S/C16H23NO2/c1-12-6-8-14(9-7-12)17-16(18)11-19-15-5-3-4-13(2)10-15/h3-5,10,12,14H,6-9,11H2,1-2H3,(H,17,18). The van der Waals surface area contributed by atoms with Gasteiger partial charge in [-0.05, 0) is 56.2 Å². The van der Waals surface area contributed by atoms with Crippen LogP contribution in [0.25, 0.3) is 0 Å². The molecule has 0 unspecified atom stereocenters. The zero-order valence-electron chi connectivity index (χ0n) is 11.8. The van der Waals surface area contributed by atoms with E-state index in [0.717, 1.165) is 30.1 Å². The largest absolute Gasteiger partial charge is 0.484 e. The summed E-state index contributed by atoms with van der Waals surface area (Å²) < 4.78 is 5.50. The number of carbonyl (C=O) groups excluding carboxylic acids is 1. The van der Waals surface area contributed by atoms with Crippen molar-refractivity contribution in [2.75, 3.05) is 6.61 Å². The molecule has 1 aromatic carbocycles. The summed E-state index contributed by atoms with van der Waals surface area (Å²) in [4.78, 5) is 11.8. The lowest BCUT2D eigenvalue weighted by atomic mass is 9.87. The summed E-state index contributed by atoms with van der Waals surface area (Å²) in [5.74, 6) is 1.55. The Bertz CT molecular complexity index is 423. The van der Waals surface area contributed by atoms with Gasteiger partial charge >= 0.3 is 0 Å². The summed E-state index contributed by atoms with van der Waals surface area (Å²) in [6.45, 7) is 4.39. The predicted octanol–water partition coefficient (Wildman–Crippen LogP) is 3.07. The van der Waals surface area contributed by atoms with Crippen LogP contribution >= 0.6 is 0 Å². The van der Waals surface area contributed by atoms with Gasteiger partial charge in [0.25, 0.3) is 5.91 Å². The Balaban J connectivity index is 1.73. The minimum Gasteiger partial charge on any atom is -0.484 e. The van der Waals surface area contributed by atoms with Crippen LogP contribution in [0.1, 0.15) is 38.2 Å². The number of hydrogen-bond donors (Lipinski definition) is 1. The molecule has 1 aliphatic carbocycles. The molecule has 3 nitrogen and oxygen atoms in total. The smallest absolute Gasteiger partial charge is 0.258 e. The van der Waals surface area contributed by atoms with Crippen molar-refractivity contribution in [3.8, 4) is 5.75 Å². The fourth-order valence-corrected chi connectivity index (χ4v) is 2.53. The number of ether oxygens (including phenoxy) is 1. The molecule has 0 radical (unpaired) electrons. The molecule has 1 aromatic rings. The molecule has 0 bridgehead atoms. The second-order valence-corrected chi connectivity index (χ2v) is 5.63. The van der Waals surface area contributed by atoms with Gasteiger partial charge in [0, 0.05) is 6.04 Å². The lowest BCUT2D eigenvalue weighted by molar-refractivity contribution is -0.124. The first-order valence-electron chi connectivity index (χ1n) is 7.12. The Morgan fingerprint density at radius 2 is 2.05 bits per heavy atom. The summed E-state index contributed by atoms with van der Waals surface area (Å²) in [6.07, 6.45) is 4.61. The van der Waals surface area contributed by atoms with E-state index in [1.54, 1.807) is 0 Å². The van der Waals surface area contributed by atoms with Gasteiger partial charge in [-0.3, -0.25) is 4.79 Å². The van der Waals surface area contributed by atoms with Gasteiger partial charge < -0.3 is 10.1 Å². The van der Waals surface area contributed by atoms with Gasteiger partial charge in [-0.1, -0.05) is 19.1 Å². The first-order valence-corrected chi connectivity index (χ1v) is 7.12. The van der Waals surface area contributed by atoms with Crippen molar-refractivity contribution >= 4 is 5.91 Å². The van der Waals surface area contributed by atoms with Crippen molar-refractivity contribution in [1.29, 1.82) is 0 Å². The van der Waals surface area contributed by atoms with Crippen molar-refractivity contribution in [3.05, 3.63) is 29.8 Å². The zero-order valence-corrected chi connectivity index (χ0v) is 11.8. The number of nitrogens with one attached hydrogen (secondary N) is 1. The van der Waals surface area contributed by atoms with Gasteiger partial charge in [-0.15, -0.1) is 0 Å². The molecule has 1 N–H and O–H groups in total. The summed E-state index contributed by atoms with van der Waals surface area (Å²) >= 11 is 0. The Morgan fingerprint density at radius 1 is 1.32 bits per heavy atom. The van der Waals surface area contributed by atoms with Crippen molar-refractivity contribution in [2.45, 2.75) is 45.6 Å². The van der Waals surface area contributed by atoms with Gasteiger partial charge in [-0.2, -0.15) is 0 Å². The molecular weight excluding hydrogens is 238 g/mol. The van der Waals surface area contributed by atoms with Crippen LogP contribution in [0.15, 0.2) is 24.3 Å². The third-order valence-corrected chi connectivity index (χ3v) is 3.74. The second-order valence-electron chi connectivity index (χ2n) is 5.63. The monoisotopic (exact) mass is 261 g/mol. The van der Waals surface area contributed by atoms with E-state index in [2.05, 4.69) is 12.2 Å². The fraction of sp³-hybridized carbons (Fsp3) is 0.562. The maximum Gasteiger partial charge on any atom is 0.258 e. The lowest BCUT2D eigenvalue weighted by Gasteiger charge is -2.26. The molecule has 1 saturated carbocycles. The molecule has 1 amide bonds. The molecule has 0 atom stereocenters. The second kappa shape index (κ2) is 6.60. The zero-order chi connectivity index (χ0) is 13.7. The average molecular weight is 261 g/mol. The molecule has 1 fully saturated rings. The van der Waals surface area contributed by atoms with Crippen LogP contribution in [0.2, 0.25) is 0 Å². The van der Waals surface area contributed by atoms with Crippen LogP contribution in [0.3, 0.4) is 0 Å². The van der Waals surface area contributed by atoms with Crippen molar-refractivity contribution < 1.29 is 9.53 Å². The van der Waals surface area contributed by atoms with Gasteiger partial charge in [0.1, 0.15) is 5.75 Å². The van der Waals surface area contributed by atoms with Crippen LogP contribution in [-0.4, -0.2) is 18.6 Å². The SMILES string of the molecule is Cc1cccc(OCC(=O)NC2CCC(C)CC2)c1. The normalized spacial score (nSPS) is 22.8. The Hall–Kier alpha value is -1.51. The quantitative estimate of drug-likeness (QED) is 0.904. The minimum atomic E-state index is -0.0129. The molecule has 104 valence electrons. The van der Waals surface area contributed by atoms with Gasteiger partial charge in [0.2, 0.25) is 0 Å². The van der Waals surface area contributed by atoms with Crippen molar-refractivity contribution in [1.82, 2.24) is 5.32 Å². The molecule has 0 aliphatic heterocycles. The van der Waals surface area contributed by atoms with Crippen molar-refractivity contribution in [3.63, 3.8) is 0 Å². The van der Waals surface area contributed by atoms with E-state index in [1.807, 2.05) is 31.2 Å². The summed E-state index contributed by atoms with van der Waals surface area (Å²) in [5, 5.41) is 3.06. The van der Waals surface area contributed by atoms with Crippen LogP contribution in [-0.2, 0) is 4.79 Å². The Morgan fingerprint density at radius 3 is 2.74 bits per heavy atom. The van der Waals surface area contributed by atoms with E-state index in [4.69, 9.17) is 4.74 Å². The maximum absolute atomic E-state index is 11.8. The highest BCUT2D eigenvalue weighted by Crippen LogP contribution is 2.23. The Labute approximate surface area is 115 Å². The molecule has 2 rings (SSSR count). The number of amides is 1. The van der Waals surface area contributed by atoms with E-state index in [1.165, 1.54) is 12.8 Å². The highest BCUT2D eigenvalue weighted by Gasteiger charge is 2.19. The first kappa shape index (κ1) is 13.9. The van der Waals surface area contributed by atoms with Crippen LogP contribution in [0.5, 0.6) is 5.75 Å². The number of benzene rings is 1. The molecule has 19 heavy (non-hydrogen) atoms. The first-order chi connectivity index (χ1) is 9.13. The topological polar surface area (TPSA) is 38.3 Å². The minimum absolute atomic E-state index is 0.0129. The van der Waals surface area contributed by atoms with Crippen LogP contribution in [0, 0.1) is 12.8 Å². The lowest BCUT2D eigenvalue weighted by Crippen LogP contribution is -2.39. The van der Waals surface area contributed by atoms with Gasteiger partial charge in [-0.25, -0.2) is 0 Å². The highest BCUT2D eigenvalue weighted by molar-refractivity contribution is 5.77. The highest BCUT2D eigenvalue weighted by atomic mass is 16.5. The molecule has 0 aromatic heterocycles. The van der Waals surface area contributed by atoms with E-state index in [-0.39, 0.29) is 12.5 Å². The molecular formula is C16H23NO2. The maximum atomic E-state index is 11.8. The van der Waals surface area contributed by atoms with Crippen LogP contribution < -0.4 is 10.1 Å². The summed E-state index contributed by atoms with van der Waals surface area (Å²) in [6, 6.07) is 8.10. The fourth-order valence-electron chi connectivity index (χ4n) is 2.53. The van der Waals surface area contributed by atoms with E-state index < -0.39 is 0 Å². The van der Waals surface area contributed by atoms with Gasteiger partial charge in [0.05, 0.1) is 0 Å². The summed E-state index contributed by atoms with van der Waals surface area (Å²) in [7, 11) is 0. The van der Waals surface area contributed by atoms with Gasteiger partial charge in [0.15, 0.2) is 6.61 Å². The molecule has 0 saturated heterocycles. The molecule has 0 heterocycles. The number of carbonyl (C=O) groups is 1. The molecule has 3 heteroatoms.